The van der Waals surface area contributed by atoms with Gasteiger partial charge in [-0.15, -0.1) is 0 Å². The van der Waals surface area contributed by atoms with Crippen LogP contribution in [0.1, 0.15) is 20.8 Å². The number of ether oxygens (including phenoxy) is 1. The maximum absolute atomic E-state index is 5.66. The van der Waals surface area contributed by atoms with Gasteiger partial charge in [0.25, 0.3) is 0 Å². The Kier molecular flexibility index (Phi) is 6.58. The van der Waals surface area contributed by atoms with E-state index in [0.29, 0.717) is 6.61 Å². The first kappa shape index (κ1) is 11.3. The van der Waals surface area contributed by atoms with Gasteiger partial charge in [0.05, 0.1) is 6.61 Å². The summed E-state index contributed by atoms with van der Waals surface area (Å²) in [5.41, 5.74) is 0. The van der Waals surface area contributed by atoms with Crippen LogP contribution in [0, 0.1) is 0 Å². The molecule has 0 N–H and O–H groups in total. The van der Waals surface area contributed by atoms with Gasteiger partial charge in [-0.05, 0) is 31.2 Å². The van der Waals surface area contributed by atoms with Crippen LogP contribution in [0.2, 0.25) is 5.02 Å². The summed E-state index contributed by atoms with van der Waals surface area (Å²) in [5, 5.41) is 0.739. The van der Waals surface area contributed by atoms with Crippen molar-refractivity contribution in [3.63, 3.8) is 0 Å². The first-order chi connectivity index (χ1) is 5.83. The Balaban J connectivity index is 0.000000561. The molecule has 1 aromatic rings. The standard InChI is InChI=1S/C8H9ClO.C2H6/c1-2-10-8-5-3-7(9)4-6-8;1-2/h3-6H,2H2,1H3;1-2H3. The van der Waals surface area contributed by atoms with E-state index in [-0.39, 0.29) is 0 Å². The highest BCUT2D eigenvalue weighted by molar-refractivity contribution is 6.30. The fourth-order valence-electron chi connectivity index (χ4n) is 0.697. The zero-order chi connectivity index (χ0) is 9.40. The van der Waals surface area contributed by atoms with Crippen LogP contribution in [-0.4, -0.2) is 6.61 Å². The quantitative estimate of drug-likeness (QED) is 0.684. The molecule has 68 valence electrons. The topological polar surface area (TPSA) is 9.23 Å². The molecule has 0 unspecified atom stereocenters. The van der Waals surface area contributed by atoms with Crippen molar-refractivity contribution in [1.29, 1.82) is 0 Å². The number of halogens is 1. The van der Waals surface area contributed by atoms with Gasteiger partial charge >= 0.3 is 0 Å². The highest BCUT2D eigenvalue weighted by Crippen LogP contribution is 2.14. The summed E-state index contributed by atoms with van der Waals surface area (Å²) in [4.78, 5) is 0. The normalized spacial score (nSPS) is 8.33. The molecule has 0 saturated heterocycles. The van der Waals surface area contributed by atoms with E-state index in [4.69, 9.17) is 16.3 Å². The third-order valence-corrected chi connectivity index (χ3v) is 1.38. The Bertz CT molecular complexity index is 193. The number of hydrogen-bond donors (Lipinski definition) is 0. The molecular formula is C10H15ClO. The Hall–Kier alpha value is -0.690. The lowest BCUT2D eigenvalue weighted by atomic mass is 10.3. The van der Waals surface area contributed by atoms with Gasteiger partial charge in [-0.3, -0.25) is 0 Å². The molecule has 0 heterocycles. The summed E-state index contributed by atoms with van der Waals surface area (Å²) in [6, 6.07) is 7.33. The zero-order valence-electron chi connectivity index (χ0n) is 7.80. The van der Waals surface area contributed by atoms with Crippen molar-refractivity contribution in [2.24, 2.45) is 0 Å². The maximum Gasteiger partial charge on any atom is 0.119 e. The largest absolute Gasteiger partial charge is 0.494 e. The summed E-state index contributed by atoms with van der Waals surface area (Å²) < 4.78 is 5.20. The fourth-order valence-corrected chi connectivity index (χ4v) is 0.823. The first-order valence-corrected chi connectivity index (χ1v) is 4.59. The molecule has 1 nitrogen and oxygen atoms in total. The molecule has 0 bridgehead atoms. The monoisotopic (exact) mass is 186 g/mol. The number of hydrogen-bond acceptors (Lipinski definition) is 1. The van der Waals surface area contributed by atoms with E-state index in [0.717, 1.165) is 10.8 Å². The molecule has 0 atom stereocenters. The van der Waals surface area contributed by atoms with Gasteiger partial charge in [0, 0.05) is 5.02 Å². The third-order valence-electron chi connectivity index (χ3n) is 1.12. The lowest BCUT2D eigenvalue weighted by Crippen LogP contribution is -1.89. The van der Waals surface area contributed by atoms with Gasteiger partial charge in [0.1, 0.15) is 5.75 Å². The smallest absolute Gasteiger partial charge is 0.119 e. The van der Waals surface area contributed by atoms with Crippen LogP contribution in [0.3, 0.4) is 0 Å². The maximum atomic E-state index is 5.66. The van der Waals surface area contributed by atoms with Crippen molar-refractivity contribution in [2.45, 2.75) is 20.8 Å². The van der Waals surface area contributed by atoms with Gasteiger partial charge in [0.2, 0.25) is 0 Å². The summed E-state index contributed by atoms with van der Waals surface area (Å²) in [7, 11) is 0. The van der Waals surface area contributed by atoms with Gasteiger partial charge in [-0.2, -0.15) is 0 Å². The molecule has 1 rings (SSSR count). The van der Waals surface area contributed by atoms with E-state index in [2.05, 4.69) is 0 Å². The van der Waals surface area contributed by atoms with Crippen molar-refractivity contribution in [3.05, 3.63) is 29.3 Å². The van der Waals surface area contributed by atoms with Crippen molar-refractivity contribution in [1.82, 2.24) is 0 Å². The summed E-state index contributed by atoms with van der Waals surface area (Å²) >= 11 is 5.66. The molecule has 0 fully saturated rings. The van der Waals surface area contributed by atoms with Crippen LogP contribution in [0.5, 0.6) is 5.75 Å². The van der Waals surface area contributed by atoms with Crippen molar-refractivity contribution in [3.8, 4) is 5.75 Å². The number of benzene rings is 1. The minimum atomic E-state index is 0.696. The molecular weight excluding hydrogens is 172 g/mol. The Morgan fingerprint density at radius 1 is 1.17 bits per heavy atom. The summed E-state index contributed by atoms with van der Waals surface area (Å²) in [6.07, 6.45) is 0. The Morgan fingerprint density at radius 2 is 1.67 bits per heavy atom. The zero-order valence-corrected chi connectivity index (χ0v) is 8.56. The average molecular weight is 187 g/mol. The highest BCUT2D eigenvalue weighted by Gasteiger charge is 1.89. The van der Waals surface area contributed by atoms with Crippen LogP contribution in [0.15, 0.2) is 24.3 Å². The van der Waals surface area contributed by atoms with Crippen LogP contribution in [0.25, 0.3) is 0 Å². The molecule has 0 aliphatic carbocycles. The van der Waals surface area contributed by atoms with E-state index in [9.17, 15) is 0 Å². The third kappa shape index (κ3) is 4.24. The molecule has 2 heteroatoms. The first-order valence-electron chi connectivity index (χ1n) is 4.21. The lowest BCUT2D eigenvalue weighted by molar-refractivity contribution is 0.340. The molecule has 0 aliphatic rings. The predicted molar refractivity (Wildman–Crippen MR) is 54.0 cm³/mol. The summed E-state index contributed by atoms with van der Waals surface area (Å²) in [5.74, 6) is 0.868. The molecule has 0 amide bonds. The van der Waals surface area contributed by atoms with Crippen LogP contribution >= 0.6 is 11.6 Å². The minimum absolute atomic E-state index is 0.696. The molecule has 1 aromatic carbocycles. The Morgan fingerprint density at radius 3 is 2.08 bits per heavy atom. The van der Waals surface area contributed by atoms with Gasteiger partial charge < -0.3 is 4.74 Å². The second-order valence-corrected chi connectivity index (χ2v) is 2.32. The van der Waals surface area contributed by atoms with E-state index < -0.39 is 0 Å². The SMILES string of the molecule is CC.CCOc1ccc(Cl)cc1. The van der Waals surface area contributed by atoms with Crippen molar-refractivity contribution < 1.29 is 4.74 Å². The van der Waals surface area contributed by atoms with Crippen LogP contribution in [0.4, 0.5) is 0 Å². The van der Waals surface area contributed by atoms with Crippen LogP contribution in [-0.2, 0) is 0 Å². The molecule has 0 radical (unpaired) electrons. The highest BCUT2D eigenvalue weighted by atomic mass is 35.5. The molecule has 0 aromatic heterocycles. The summed E-state index contributed by atoms with van der Waals surface area (Å²) in [6.45, 7) is 6.65. The van der Waals surface area contributed by atoms with Crippen molar-refractivity contribution in [2.75, 3.05) is 6.61 Å². The second kappa shape index (κ2) is 6.99. The van der Waals surface area contributed by atoms with Gasteiger partial charge in [-0.1, -0.05) is 25.4 Å². The minimum Gasteiger partial charge on any atom is -0.494 e. The van der Waals surface area contributed by atoms with Crippen LogP contribution < -0.4 is 4.74 Å². The van der Waals surface area contributed by atoms with E-state index in [1.165, 1.54) is 0 Å². The molecule has 0 aliphatic heterocycles. The Labute approximate surface area is 79.3 Å². The average Bonchev–Trinajstić information content (AvgIpc) is 2.13. The molecule has 12 heavy (non-hydrogen) atoms. The van der Waals surface area contributed by atoms with E-state index >= 15 is 0 Å². The number of rotatable bonds is 2. The molecule has 0 spiro atoms. The fraction of sp³-hybridized carbons (Fsp3) is 0.400. The second-order valence-electron chi connectivity index (χ2n) is 1.89. The van der Waals surface area contributed by atoms with E-state index in [1.807, 2.05) is 45.0 Å². The molecule has 0 saturated carbocycles. The van der Waals surface area contributed by atoms with E-state index in [1.54, 1.807) is 0 Å². The lowest BCUT2D eigenvalue weighted by Gasteiger charge is -2.00. The van der Waals surface area contributed by atoms with Gasteiger partial charge in [0.15, 0.2) is 0 Å². The predicted octanol–water partition coefficient (Wildman–Crippen LogP) is 3.76. The van der Waals surface area contributed by atoms with Crippen molar-refractivity contribution >= 4 is 11.6 Å². The van der Waals surface area contributed by atoms with Gasteiger partial charge in [-0.25, -0.2) is 0 Å².